The molecule has 0 aliphatic carbocycles. The number of nitrogens with one attached hydrogen (secondary N) is 3. The van der Waals surface area contributed by atoms with Crippen molar-refractivity contribution in [3.05, 3.63) is 75.0 Å². The number of halogens is 1. The molecular formula is C18H14ClN3O4. The predicted octanol–water partition coefficient (Wildman–Crippen LogP) is 3.20. The van der Waals surface area contributed by atoms with E-state index in [9.17, 15) is 14.4 Å². The van der Waals surface area contributed by atoms with Crippen molar-refractivity contribution in [1.29, 1.82) is 0 Å². The van der Waals surface area contributed by atoms with Crippen LogP contribution in [0.15, 0.2) is 53.3 Å². The minimum absolute atomic E-state index is 0.0953. The van der Waals surface area contributed by atoms with E-state index in [1.807, 2.05) is 6.07 Å². The number of aromatic carboxylic acids is 1. The summed E-state index contributed by atoms with van der Waals surface area (Å²) in [5, 5.41) is 15.2. The van der Waals surface area contributed by atoms with Gasteiger partial charge in [0.2, 0.25) is 0 Å². The van der Waals surface area contributed by atoms with Crippen molar-refractivity contribution in [2.75, 3.05) is 5.32 Å². The molecule has 2 aromatic carbocycles. The molecule has 0 unspecified atom stereocenters. The number of carboxylic acid groups (broad SMARTS) is 1. The molecule has 0 radical (unpaired) electrons. The highest BCUT2D eigenvalue weighted by Crippen LogP contribution is 2.22. The number of pyridine rings is 1. The summed E-state index contributed by atoms with van der Waals surface area (Å²) in [5.41, 5.74) is 0.525. The highest BCUT2D eigenvalue weighted by molar-refractivity contribution is 6.31. The summed E-state index contributed by atoms with van der Waals surface area (Å²) >= 11 is 6.07. The molecule has 0 bridgehead atoms. The molecule has 0 aliphatic heterocycles. The van der Waals surface area contributed by atoms with Gasteiger partial charge >= 0.3 is 12.0 Å². The molecule has 1 aromatic heterocycles. The number of amides is 2. The quantitative estimate of drug-likeness (QED) is 0.564. The number of aromatic amines is 1. The number of benzene rings is 2. The monoisotopic (exact) mass is 371 g/mol. The van der Waals surface area contributed by atoms with Gasteiger partial charge in [-0.05, 0) is 35.9 Å². The Morgan fingerprint density at radius 2 is 1.85 bits per heavy atom. The lowest BCUT2D eigenvalue weighted by Gasteiger charge is -2.11. The van der Waals surface area contributed by atoms with Crippen molar-refractivity contribution in [2.45, 2.75) is 6.54 Å². The Balaban J connectivity index is 1.85. The molecule has 0 saturated carbocycles. The fraction of sp³-hybridized carbons (Fsp3) is 0.0556. The number of aromatic nitrogens is 1. The zero-order valence-corrected chi connectivity index (χ0v) is 14.1. The largest absolute Gasteiger partial charge is 0.477 e. The number of para-hydroxylation sites is 1. The van der Waals surface area contributed by atoms with Crippen LogP contribution >= 0.6 is 11.6 Å². The normalized spacial score (nSPS) is 10.5. The van der Waals surface area contributed by atoms with Gasteiger partial charge in [-0.25, -0.2) is 9.59 Å². The third kappa shape index (κ3) is 3.84. The van der Waals surface area contributed by atoms with Gasteiger partial charge in [-0.2, -0.15) is 0 Å². The van der Waals surface area contributed by atoms with E-state index in [1.54, 1.807) is 36.4 Å². The van der Waals surface area contributed by atoms with Crippen LogP contribution < -0.4 is 16.2 Å². The van der Waals surface area contributed by atoms with Gasteiger partial charge in [0.05, 0.1) is 5.52 Å². The fourth-order valence-corrected chi connectivity index (χ4v) is 2.77. The molecule has 0 saturated heterocycles. The minimum Gasteiger partial charge on any atom is -0.477 e. The Bertz CT molecular complexity index is 1050. The second kappa shape index (κ2) is 7.28. The van der Waals surface area contributed by atoms with Crippen molar-refractivity contribution >= 4 is 40.2 Å². The van der Waals surface area contributed by atoms with E-state index in [1.165, 1.54) is 6.07 Å². The summed E-state index contributed by atoms with van der Waals surface area (Å²) in [4.78, 5) is 37.6. The molecule has 3 aromatic rings. The maximum atomic E-state index is 12.0. The van der Waals surface area contributed by atoms with Gasteiger partial charge in [0.15, 0.2) is 0 Å². The second-order valence-corrected chi connectivity index (χ2v) is 5.96. The summed E-state index contributed by atoms with van der Waals surface area (Å²) in [6.45, 7) is 0.0953. The number of urea groups is 1. The minimum atomic E-state index is -1.32. The molecule has 7 nitrogen and oxygen atoms in total. The van der Waals surface area contributed by atoms with E-state index in [2.05, 4.69) is 15.6 Å². The van der Waals surface area contributed by atoms with Gasteiger partial charge in [0.25, 0.3) is 5.56 Å². The van der Waals surface area contributed by atoms with Gasteiger partial charge in [-0.3, -0.25) is 4.79 Å². The molecule has 2 amide bonds. The lowest BCUT2D eigenvalue weighted by molar-refractivity contribution is 0.0695. The average Bonchev–Trinajstić information content (AvgIpc) is 2.60. The maximum absolute atomic E-state index is 12.0. The first-order chi connectivity index (χ1) is 12.4. The van der Waals surface area contributed by atoms with Crippen molar-refractivity contribution in [1.82, 2.24) is 10.3 Å². The van der Waals surface area contributed by atoms with Crippen molar-refractivity contribution in [2.24, 2.45) is 0 Å². The molecular weight excluding hydrogens is 358 g/mol. The Morgan fingerprint density at radius 3 is 2.54 bits per heavy atom. The highest BCUT2D eigenvalue weighted by Gasteiger charge is 2.13. The number of rotatable bonds is 4. The Morgan fingerprint density at radius 1 is 1.12 bits per heavy atom. The third-order valence-electron chi connectivity index (χ3n) is 3.70. The Kier molecular flexibility index (Phi) is 4.90. The van der Waals surface area contributed by atoms with E-state index < -0.39 is 17.6 Å². The molecule has 3 rings (SSSR count). The van der Waals surface area contributed by atoms with Crippen LogP contribution in [0.5, 0.6) is 0 Å². The number of fused-ring (bicyclic) bond motifs is 1. The number of H-pyrrole nitrogens is 1. The summed E-state index contributed by atoms with van der Waals surface area (Å²) in [6, 6.07) is 12.9. The second-order valence-electron chi connectivity index (χ2n) is 5.52. The smallest absolute Gasteiger partial charge is 0.341 e. The van der Waals surface area contributed by atoms with Crippen molar-refractivity contribution in [3.63, 3.8) is 0 Å². The van der Waals surface area contributed by atoms with E-state index >= 15 is 0 Å². The topological polar surface area (TPSA) is 111 Å². The Labute approximate surface area is 152 Å². The predicted molar refractivity (Wildman–Crippen MR) is 98.8 cm³/mol. The molecule has 0 aliphatic rings. The van der Waals surface area contributed by atoms with Gasteiger partial charge in [0, 0.05) is 22.6 Å². The average molecular weight is 372 g/mol. The van der Waals surface area contributed by atoms with Crippen molar-refractivity contribution < 1.29 is 14.7 Å². The van der Waals surface area contributed by atoms with Gasteiger partial charge in [-0.1, -0.05) is 29.8 Å². The molecule has 132 valence electrons. The zero-order chi connectivity index (χ0) is 18.7. The van der Waals surface area contributed by atoms with E-state index in [4.69, 9.17) is 16.7 Å². The highest BCUT2D eigenvalue weighted by atomic mass is 35.5. The fourth-order valence-electron chi connectivity index (χ4n) is 2.53. The standard InChI is InChI=1S/C18H14ClN3O4/c19-12-6-10-8-14(17(24)25)16(23)22-15(10)11(7-12)9-20-18(26)21-13-4-2-1-3-5-13/h1-8H,9H2,(H,22,23)(H,24,25)(H2,20,21,26). The third-order valence-corrected chi connectivity index (χ3v) is 3.92. The number of anilines is 1. The molecule has 0 spiro atoms. The van der Waals surface area contributed by atoms with Crippen LogP contribution in [0.1, 0.15) is 15.9 Å². The lowest BCUT2D eigenvalue weighted by Crippen LogP contribution is -2.28. The van der Waals surface area contributed by atoms with Gasteiger partial charge in [0.1, 0.15) is 5.56 Å². The number of hydrogen-bond acceptors (Lipinski definition) is 3. The van der Waals surface area contributed by atoms with Crippen LogP contribution in [0.4, 0.5) is 10.5 Å². The SMILES string of the molecule is O=C(NCc1cc(Cl)cc2cc(C(=O)O)c(=O)[nH]c12)Nc1ccccc1. The van der Waals surface area contributed by atoms with Crippen molar-refractivity contribution in [3.8, 4) is 0 Å². The summed E-state index contributed by atoms with van der Waals surface area (Å²) in [6.07, 6.45) is 0. The molecule has 1 heterocycles. The van der Waals surface area contributed by atoms with Crippen LogP contribution in [0.3, 0.4) is 0 Å². The maximum Gasteiger partial charge on any atom is 0.341 e. The molecule has 8 heteroatoms. The number of carboxylic acids is 1. The first-order valence-electron chi connectivity index (χ1n) is 7.62. The number of carbonyl (C=O) groups excluding carboxylic acids is 1. The van der Waals surface area contributed by atoms with Crippen LogP contribution in [-0.4, -0.2) is 22.1 Å². The van der Waals surface area contributed by atoms with Crippen LogP contribution in [0.2, 0.25) is 5.02 Å². The van der Waals surface area contributed by atoms with Gasteiger partial charge < -0.3 is 20.7 Å². The van der Waals surface area contributed by atoms with Crippen LogP contribution in [-0.2, 0) is 6.54 Å². The van der Waals surface area contributed by atoms with Crippen LogP contribution in [0.25, 0.3) is 10.9 Å². The van der Waals surface area contributed by atoms with Crippen LogP contribution in [0, 0.1) is 0 Å². The van der Waals surface area contributed by atoms with E-state index in [0.717, 1.165) is 0 Å². The molecule has 4 N–H and O–H groups in total. The van der Waals surface area contributed by atoms with E-state index in [-0.39, 0.29) is 12.1 Å². The Hall–Kier alpha value is -3.32. The molecule has 0 atom stereocenters. The number of carbonyl (C=O) groups is 2. The summed E-state index contributed by atoms with van der Waals surface area (Å²) in [5.74, 6) is -1.32. The van der Waals surface area contributed by atoms with E-state index in [0.29, 0.717) is 27.2 Å². The van der Waals surface area contributed by atoms with Gasteiger partial charge in [-0.15, -0.1) is 0 Å². The summed E-state index contributed by atoms with van der Waals surface area (Å²) in [7, 11) is 0. The number of hydrogen-bond donors (Lipinski definition) is 4. The lowest BCUT2D eigenvalue weighted by atomic mass is 10.1. The molecule has 0 fully saturated rings. The summed E-state index contributed by atoms with van der Waals surface area (Å²) < 4.78 is 0. The molecule has 26 heavy (non-hydrogen) atoms. The first kappa shape index (κ1) is 17.5. The first-order valence-corrected chi connectivity index (χ1v) is 8.00. The zero-order valence-electron chi connectivity index (χ0n) is 13.4.